The third-order valence-corrected chi connectivity index (χ3v) is 10.9. The summed E-state index contributed by atoms with van der Waals surface area (Å²) in [5, 5.41) is 6.76. The van der Waals surface area contributed by atoms with Gasteiger partial charge in [-0.25, -0.2) is 4.98 Å². The van der Waals surface area contributed by atoms with Gasteiger partial charge in [0.25, 0.3) is 0 Å². The van der Waals surface area contributed by atoms with E-state index in [1.807, 2.05) is 12.1 Å². The van der Waals surface area contributed by atoms with E-state index >= 15 is 0 Å². The molecule has 1 aromatic heterocycles. The second kappa shape index (κ2) is 7.40. The summed E-state index contributed by atoms with van der Waals surface area (Å²) in [6.45, 7) is 10.9. The Hall–Kier alpha value is -1.48. The quantitative estimate of drug-likeness (QED) is 0.533. The maximum absolute atomic E-state index is 12.7. The lowest BCUT2D eigenvalue weighted by Gasteiger charge is -2.53. The van der Waals surface area contributed by atoms with Crippen LogP contribution < -0.4 is 10.6 Å². The molecule has 1 aliphatic carbocycles. The molecule has 3 heterocycles. The molecule has 0 aromatic carbocycles. The maximum Gasteiger partial charge on any atom is 0.245 e. The zero-order chi connectivity index (χ0) is 20.7. The number of methoxy groups -OCH3 is 2. The largest absolute Gasteiger partial charge is 0.408 e. The van der Waals surface area contributed by atoms with E-state index in [0.29, 0.717) is 11.7 Å². The number of aromatic nitrogens is 1. The molecule has 2 bridgehead atoms. The van der Waals surface area contributed by atoms with Crippen LogP contribution in [0.1, 0.15) is 51.2 Å². The minimum absolute atomic E-state index is 0.0631. The van der Waals surface area contributed by atoms with Crippen LogP contribution in [0, 0.1) is 0 Å². The van der Waals surface area contributed by atoms with Crippen molar-refractivity contribution in [3.63, 3.8) is 0 Å². The summed E-state index contributed by atoms with van der Waals surface area (Å²) >= 11 is 0. The molecule has 1 amide bonds. The van der Waals surface area contributed by atoms with E-state index in [2.05, 4.69) is 49.5 Å². The number of nitrogens with zero attached hydrogens (tertiary/aromatic N) is 1. The Kier molecular flexibility index (Phi) is 5.61. The molecule has 1 aromatic rings. The highest BCUT2D eigenvalue weighted by molar-refractivity contribution is 6.74. The second-order valence-electron chi connectivity index (χ2n) is 9.36. The summed E-state index contributed by atoms with van der Waals surface area (Å²) in [4.78, 5) is 17.4. The van der Waals surface area contributed by atoms with Crippen LogP contribution in [0.5, 0.6) is 0 Å². The first-order chi connectivity index (χ1) is 13.0. The van der Waals surface area contributed by atoms with Crippen molar-refractivity contribution in [3.05, 3.63) is 23.4 Å². The smallest absolute Gasteiger partial charge is 0.245 e. The molecule has 156 valence electrons. The third kappa shape index (κ3) is 3.83. The van der Waals surface area contributed by atoms with Crippen molar-refractivity contribution in [2.45, 2.75) is 69.6 Å². The van der Waals surface area contributed by atoms with Crippen molar-refractivity contribution in [1.29, 1.82) is 0 Å². The average Bonchev–Trinajstić information content (AvgIpc) is 2.59. The molecular weight excluding hydrogens is 374 g/mol. The van der Waals surface area contributed by atoms with E-state index in [9.17, 15) is 4.79 Å². The molecule has 4 rings (SSSR count). The van der Waals surface area contributed by atoms with Crippen LogP contribution in [0.3, 0.4) is 0 Å². The summed E-state index contributed by atoms with van der Waals surface area (Å²) in [5.41, 5.74) is 1.37. The number of hydrogen-bond donors (Lipinski definition) is 2. The summed E-state index contributed by atoms with van der Waals surface area (Å²) in [6.07, 6.45) is 1.23. The van der Waals surface area contributed by atoms with Gasteiger partial charge in [0.1, 0.15) is 12.4 Å². The molecule has 2 aliphatic heterocycles. The van der Waals surface area contributed by atoms with Gasteiger partial charge in [0.2, 0.25) is 12.2 Å². The molecule has 1 fully saturated rings. The fourth-order valence-corrected chi connectivity index (χ4v) is 4.60. The molecule has 0 atom stereocenters. The second-order valence-corrected chi connectivity index (χ2v) is 14.2. The molecule has 1 saturated carbocycles. The number of carbonyl (C=O) groups excluding carboxylic acids is 1. The number of nitrogens with one attached hydrogen (secondary N) is 2. The number of rotatable bonds is 7. The Balaban J connectivity index is 1.72. The van der Waals surface area contributed by atoms with E-state index in [0.717, 1.165) is 24.2 Å². The van der Waals surface area contributed by atoms with Crippen LogP contribution in [-0.2, 0) is 24.2 Å². The Bertz CT molecular complexity index is 737. The molecule has 8 heteroatoms. The van der Waals surface area contributed by atoms with Gasteiger partial charge in [0.15, 0.2) is 8.32 Å². The Morgan fingerprint density at radius 1 is 1.32 bits per heavy atom. The van der Waals surface area contributed by atoms with Crippen molar-refractivity contribution in [2.24, 2.45) is 0 Å². The van der Waals surface area contributed by atoms with Crippen LogP contribution in [-0.4, -0.2) is 46.1 Å². The van der Waals surface area contributed by atoms with E-state index in [4.69, 9.17) is 13.9 Å². The molecule has 0 spiro atoms. The maximum atomic E-state index is 12.7. The highest BCUT2D eigenvalue weighted by Gasteiger charge is 2.52. The monoisotopic (exact) mass is 407 g/mol. The van der Waals surface area contributed by atoms with Crippen LogP contribution in [0.15, 0.2) is 12.1 Å². The predicted octanol–water partition coefficient (Wildman–Crippen LogP) is 3.29. The van der Waals surface area contributed by atoms with E-state index in [1.165, 1.54) is 0 Å². The number of ether oxygens (including phenoxy) is 2. The lowest BCUT2D eigenvalue weighted by atomic mass is 9.65. The number of pyridine rings is 1. The Morgan fingerprint density at radius 3 is 2.54 bits per heavy atom. The minimum Gasteiger partial charge on any atom is -0.408 e. The number of hydrogen-bond acceptors (Lipinski definition) is 6. The van der Waals surface area contributed by atoms with Gasteiger partial charge in [-0.1, -0.05) is 26.8 Å². The molecule has 0 radical (unpaired) electrons. The minimum atomic E-state index is -1.96. The average molecular weight is 408 g/mol. The Labute approximate surface area is 168 Å². The van der Waals surface area contributed by atoms with Crippen LogP contribution in [0.4, 0.5) is 5.82 Å². The van der Waals surface area contributed by atoms with E-state index in [-0.39, 0.29) is 23.1 Å². The number of amides is 1. The van der Waals surface area contributed by atoms with Gasteiger partial charge in [-0.2, -0.15) is 0 Å². The van der Waals surface area contributed by atoms with Gasteiger partial charge in [0.05, 0.1) is 11.2 Å². The zero-order valence-corrected chi connectivity index (χ0v) is 19.0. The van der Waals surface area contributed by atoms with E-state index < -0.39 is 14.6 Å². The topological polar surface area (TPSA) is 81.7 Å². The number of anilines is 1. The van der Waals surface area contributed by atoms with Crippen molar-refractivity contribution < 1.29 is 18.7 Å². The van der Waals surface area contributed by atoms with Crippen LogP contribution in [0.2, 0.25) is 18.1 Å². The summed E-state index contributed by atoms with van der Waals surface area (Å²) in [5.74, 6) is 0.733. The third-order valence-electron chi connectivity index (χ3n) is 6.38. The van der Waals surface area contributed by atoms with Crippen LogP contribution >= 0.6 is 0 Å². The van der Waals surface area contributed by atoms with Crippen molar-refractivity contribution in [3.8, 4) is 0 Å². The van der Waals surface area contributed by atoms with Gasteiger partial charge >= 0.3 is 0 Å². The van der Waals surface area contributed by atoms with Gasteiger partial charge in [-0.3, -0.25) is 4.79 Å². The number of carbonyl (C=O) groups is 1. The molecule has 7 nitrogen and oxygen atoms in total. The van der Waals surface area contributed by atoms with Gasteiger partial charge < -0.3 is 24.5 Å². The molecule has 2 N–H and O–H groups in total. The zero-order valence-electron chi connectivity index (χ0n) is 18.0. The first-order valence-electron chi connectivity index (χ1n) is 9.80. The normalized spacial score (nSPS) is 23.6. The summed E-state index contributed by atoms with van der Waals surface area (Å²) in [7, 11) is 1.22. The summed E-state index contributed by atoms with van der Waals surface area (Å²) < 4.78 is 16.7. The first kappa shape index (κ1) is 21.2. The van der Waals surface area contributed by atoms with Crippen molar-refractivity contribution >= 4 is 20.0 Å². The summed E-state index contributed by atoms with van der Waals surface area (Å²) in [6, 6.07) is 4.23. The highest BCUT2D eigenvalue weighted by atomic mass is 28.4. The molecule has 3 aliphatic rings. The van der Waals surface area contributed by atoms with Gasteiger partial charge in [-0.05, 0) is 37.0 Å². The van der Waals surface area contributed by atoms with E-state index in [1.54, 1.807) is 14.2 Å². The van der Waals surface area contributed by atoms with Gasteiger partial charge in [-0.15, -0.1) is 0 Å². The van der Waals surface area contributed by atoms with Gasteiger partial charge in [0, 0.05) is 25.8 Å². The van der Waals surface area contributed by atoms with Crippen molar-refractivity contribution in [2.75, 3.05) is 26.1 Å². The predicted molar refractivity (Wildman–Crippen MR) is 111 cm³/mol. The molecular formula is C20H33N3O4Si. The SMILES string of the molecule is COC(OC)c1ccc2c(n1)NC1CC2(NC(=O)CO[Si](C)(C)C(C)(C)C)C1. The van der Waals surface area contributed by atoms with Crippen molar-refractivity contribution in [1.82, 2.24) is 10.3 Å². The molecule has 0 saturated heterocycles. The molecule has 28 heavy (non-hydrogen) atoms. The standard InChI is InChI=1S/C20H33N3O4Si/c1-19(2,3)28(6,7)27-12-16(24)23-20-10-13(11-20)21-17-14(20)8-9-15(22-17)18(25-4)26-5/h8-9,13,18H,10-12H2,1-7H3,(H,21,22)(H,23,24). The highest BCUT2D eigenvalue weighted by Crippen LogP contribution is 2.50. The van der Waals surface area contributed by atoms with Crippen LogP contribution in [0.25, 0.3) is 0 Å². The Morgan fingerprint density at radius 2 is 1.96 bits per heavy atom. The molecule has 0 unspecified atom stereocenters. The fraction of sp³-hybridized carbons (Fsp3) is 0.700. The lowest BCUT2D eigenvalue weighted by Crippen LogP contribution is -2.63. The first-order valence-corrected chi connectivity index (χ1v) is 12.7. The fourth-order valence-electron chi connectivity index (χ4n) is 3.67. The lowest BCUT2D eigenvalue weighted by molar-refractivity contribution is -0.127.